The maximum atomic E-state index is 4.85. The van der Waals surface area contributed by atoms with Crippen LogP contribution in [0.3, 0.4) is 0 Å². The van der Waals surface area contributed by atoms with Crippen LogP contribution in [0.1, 0.15) is 33.0 Å². The van der Waals surface area contributed by atoms with Crippen LogP contribution in [0.5, 0.6) is 0 Å². The van der Waals surface area contributed by atoms with Gasteiger partial charge in [0.15, 0.2) is 5.96 Å². The van der Waals surface area contributed by atoms with Gasteiger partial charge in [-0.15, -0.1) is 0 Å². The molecule has 1 aliphatic heterocycles. The quantitative estimate of drug-likeness (QED) is 0.657. The second kappa shape index (κ2) is 7.47. The van der Waals surface area contributed by atoms with Gasteiger partial charge >= 0.3 is 0 Å². The predicted molar refractivity (Wildman–Crippen MR) is 96.3 cm³/mol. The van der Waals surface area contributed by atoms with Crippen LogP contribution in [0.25, 0.3) is 0 Å². The Balaban J connectivity index is 1.55. The maximum Gasteiger partial charge on any atom is 0.205 e. The number of aliphatic imine (C=N–C) groups is 1. The average Bonchev–Trinajstić information content (AvgIpc) is 3.09. The highest BCUT2D eigenvalue weighted by molar-refractivity contribution is 7.09. The van der Waals surface area contributed by atoms with E-state index in [9.17, 15) is 0 Å². The molecule has 2 unspecified atom stereocenters. The van der Waals surface area contributed by atoms with Crippen LogP contribution >= 0.6 is 11.5 Å². The topological polar surface area (TPSA) is 56.7 Å². The summed E-state index contributed by atoms with van der Waals surface area (Å²) in [6.45, 7) is 12.4. The van der Waals surface area contributed by atoms with Crippen molar-refractivity contribution in [2.24, 2.45) is 16.8 Å². The van der Waals surface area contributed by atoms with Gasteiger partial charge < -0.3 is 15.1 Å². The number of nitrogens with zero attached hydrogens (tertiary/aromatic N) is 5. The molecule has 7 heteroatoms. The van der Waals surface area contributed by atoms with Crippen LogP contribution in [-0.2, 0) is 6.42 Å². The number of aromatic nitrogens is 2. The molecule has 1 saturated carbocycles. The van der Waals surface area contributed by atoms with Gasteiger partial charge in [0.05, 0.1) is 0 Å². The van der Waals surface area contributed by atoms with Crippen LogP contribution in [0.4, 0.5) is 5.13 Å². The van der Waals surface area contributed by atoms with Crippen molar-refractivity contribution in [3.8, 4) is 0 Å². The Morgan fingerprint density at radius 1 is 1.30 bits per heavy atom. The highest BCUT2D eigenvalue weighted by atomic mass is 32.1. The third-order valence-corrected chi connectivity index (χ3v) is 5.52. The second-order valence-corrected chi connectivity index (χ2v) is 7.22. The number of aryl methyl sites for hydroxylation is 1. The number of nitrogens with one attached hydrogen (secondary N) is 1. The minimum Gasteiger partial charge on any atom is -0.357 e. The molecule has 1 aromatic heterocycles. The number of hydrogen-bond donors (Lipinski definition) is 1. The van der Waals surface area contributed by atoms with E-state index in [2.05, 4.69) is 45.2 Å². The lowest BCUT2D eigenvalue weighted by molar-refractivity contribution is 0.372. The highest BCUT2D eigenvalue weighted by Crippen LogP contribution is 2.37. The Hall–Kier alpha value is -1.37. The molecule has 23 heavy (non-hydrogen) atoms. The van der Waals surface area contributed by atoms with Crippen LogP contribution in [0.2, 0.25) is 0 Å². The molecule has 1 aliphatic carbocycles. The average molecular weight is 337 g/mol. The van der Waals surface area contributed by atoms with E-state index in [0.717, 1.165) is 74.4 Å². The van der Waals surface area contributed by atoms with Crippen molar-refractivity contribution >= 4 is 22.6 Å². The second-order valence-electron chi connectivity index (χ2n) is 6.49. The molecule has 0 aromatic carbocycles. The SMILES string of the molecule is CCNC(=NCC1CC1C)N1CCN(c2nc(CC)ns2)CC1. The number of rotatable bonds is 5. The summed E-state index contributed by atoms with van der Waals surface area (Å²) in [5, 5.41) is 4.52. The van der Waals surface area contributed by atoms with Crippen molar-refractivity contribution in [1.29, 1.82) is 0 Å². The Morgan fingerprint density at radius 2 is 2.04 bits per heavy atom. The van der Waals surface area contributed by atoms with Gasteiger partial charge in [0.2, 0.25) is 5.13 Å². The maximum absolute atomic E-state index is 4.85. The smallest absolute Gasteiger partial charge is 0.205 e. The van der Waals surface area contributed by atoms with Crippen molar-refractivity contribution in [3.63, 3.8) is 0 Å². The molecule has 2 fully saturated rings. The van der Waals surface area contributed by atoms with Gasteiger partial charge in [-0.25, -0.2) is 4.98 Å². The molecule has 128 valence electrons. The van der Waals surface area contributed by atoms with Crippen LogP contribution in [0.15, 0.2) is 4.99 Å². The third kappa shape index (κ3) is 4.13. The summed E-state index contributed by atoms with van der Waals surface area (Å²) in [4.78, 5) is 14.2. The zero-order chi connectivity index (χ0) is 16.2. The minimum absolute atomic E-state index is 0.804. The normalized spacial score (nSPS) is 24.9. The zero-order valence-electron chi connectivity index (χ0n) is 14.5. The lowest BCUT2D eigenvalue weighted by Gasteiger charge is -2.36. The van der Waals surface area contributed by atoms with Crippen molar-refractivity contribution in [2.45, 2.75) is 33.6 Å². The monoisotopic (exact) mass is 336 g/mol. The van der Waals surface area contributed by atoms with Gasteiger partial charge in [0, 0.05) is 57.2 Å². The third-order valence-electron chi connectivity index (χ3n) is 4.71. The van der Waals surface area contributed by atoms with E-state index in [1.165, 1.54) is 18.0 Å². The van der Waals surface area contributed by atoms with E-state index in [4.69, 9.17) is 4.99 Å². The number of piperazine rings is 1. The molecule has 2 aliphatic rings. The summed E-state index contributed by atoms with van der Waals surface area (Å²) in [6.07, 6.45) is 2.25. The summed E-state index contributed by atoms with van der Waals surface area (Å²) in [5.74, 6) is 3.71. The molecule has 3 rings (SSSR count). The number of anilines is 1. The molecule has 0 radical (unpaired) electrons. The van der Waals surface area contributed by atoms with E-state index in [1.54, 1.807) is 0 Å². The molecule has 1 saturated heterocycles. The molecule has 6 nitrogen and oxygen atoms in total. The summed E-state index contributed by atoms with van der Waals surface area (Å²) in [6, 6.07) is 0. The van der Waals surface area contributed by atoms with Crippen molar-refractivity contribution < 1.29 is 0 Å². The molecule has 1 N–H and O–H groups in total. The molecule has 0 spiro atoms. The first-order valence-electron chi connectivity index (χ1n) is 8.82. The largest absolute Gasteiger partial charge is 0.357 e. The Bertz CT molecular complexity index is 534. The van der Waals surface area contributed by atoms with E-state index < -0.39 is 0 Å². The molecule has 2 heterocycles. The highest BCUT2D eigenvalue weighted by Gasteiger charge is 2.32. The van der Waals surface area contributed by atoms with E-state index in [-0.39, 0.29) is 0 Å². The molecule has 1 aromatic rings. The Labute approximate surface area is 143 Å². The van der Waals surface area contributed by atoms with E-state index in [1.807, 2.05) is 0 Å². The van der Waals surface area contributed by atoms with Crippen molar-refractivity contribution in [3.05, 3.63) is 5.82 Å². The summed E-state index contributed by atoms with van der Waals surface area (Å²) in [5.41, 5.74) is 0. The number of hydrogen-bond acceptors (Lipinski definition) is 5. The molecule has 2 atom stereocenters. The lowest BCUT2D eigenvalue weighted by Crippen LogP contribution is -2.52. The predicted octanol–water partition coefficient (Wildman–Crippen LogP) is 1.84. The number of guanidine groups is 1. The standard InChI is InChI=1S/C16H28N6S/c1-4-14-19-16(23-20-14)22-8-6-21(7-9-22)15(17-5-2)18-11-13-10-12(13)3/h12-13H,4-11H2,1-3H3,(H,17,18). The Morgan fingerprint density at radius 3 is 2.61 bits per heavy atom. The fourth-order valence-electron chi connectivity index (χ4n) is 2.91. The molecular weight excluding hydrogens is 308 g/mol. The first-order valence-corrected chi connectivity index (χ1v) is 9.59. The van der Waals surface area contributed by atoms with Gasteiger partial charge in [0.25, 0.3) is 0 Å². The fourth-order valence-corrected chi connectivity index (χ4v) is 3.71. The lowest BCUT2D eigenvalue weighted by atomic mass is 10.3. The molecule has 0 bridgehead atoms. The summed E-state index contributed by atoms with van der Waals surface area (Å²) < 4.78 is 4.40. The van der Waals surface area contributed by atoms with E-state index >= 15 is 0 Å². The molecular formula is C16H28N6S. The zero-order valence-corrected chi connectivity index (χ0v) is 15.3. The summed E-state index contributed by atoms with van der Waals surface area (Å²) in [7, 11) is 0. The van der Waals surface area contributed by atoms with Crippen LogP contribution in [-0.4, -0.2) is 59.5 Å². The van der Waals surface area contributed by atoms with Crippen LogP contribution < -0.4 is 10.2 Å². The molecule has 0 amide bonds. The van der Waals surface area contributed by atoms with Gasteiger partial charge in [-0.1, -0.05) is 13.8 Å². The van der Waals surface area contributed by atoms with Gasteiger partial charge in [-0.3, -0.25) is 4.99 Å². The van der Waals surface area contributed by atoms with Crippen molar-refractivity contribution in [1.82, 2.24) is 19.6 Å². The van der Waals surface area contributed by atoms with Crippen molar-refractivity contribution in [2.75, 3.05) is 44.2 Å². The van der Waals surface area contributed by atoms with Gasteiger partial charge in [-0.2, -0.15) is 4.37 Å². The van der Waals surface area contributed by atoms with Crippen LogP contribution in [0, 0.1) is 11.8 Å². The first-order chi connectivity index (χ1) is 11.2. The van der Waals surface area contributed by atoms with Gasteiger partial charge in [-0.05, 0) is 25.2 Å². The first kappa shape index (κ1) is 16.5. The summed E-state index contributed by atoms with van der Waals surface area (Å²) >= 11 is 1.52. The van der Waals surface area contributed by atoms with E-state index in [0.29, 0.717) is 0 Å². The van der Waals surface area contributed by atoms with Gasteiger partial charge in [0.1, 0.15) is 5.82 Å². The fraction of sp³-hybridized carbons (Fsp3) is 0.812. The minimum atomic E-state index is 0.804. The Kier molecular flexibility index (Phi) is 5.35.